The van der Waals surface area contributed by atoms with Gasteiger partial charge < -0.3 is 20.3 Å². The minimum Gasteiger partial charge on any atom is -0.495 e. The average Bonchev–Trinajstić information content (AvgIpc) is 3.06. The molecule has 1 aromatic carbocycles. The Balaban J connectivity index is 0.00000288. The Morgan fingerprint density at radius 1 is 1.42 bits per heavy atom. The summed E-state index contributed by atoms with van der Waals surface area (Å²) >= 11 is 1.88. The van der Waals surface area contributed by atoms with Crippen LogP contribution in [-0.2, 0) is 0 Å². The van der Waals surface area contributed by atoms with Crippen molar-refractivity contribution in [3.8, 4) is 5.75 Å². The third-order valence-corrected chi connectivity index (χ3v) is 4.69. The molecule has 0 aliphatic carbocycles. The number of aliphatic imine (C=N–C) groups is 1. The zero-order valence-corrected chi connectivity index (χ0v) is 17.9. The normalized spacial score (nSPS) is 17.4. The third kappa shape index (κ3) is 6.23. The average molecular weight is 464 g/mol. The van der Waals surface area contributed by atoms with Gasteiger partial charge in [0.25, 0.3) is 0 Å². The van der Waals surface area contributed by atoms with E-state index in [4.69, 9.17) is 4.74 Å². The highest BCUT2D eigenvalue weighted by Crippen LogP contribution is 2.30. The van der Waals surface area contributed by atoms with Gasteiger partial charge in [0, 0.05) is 32.7 Å². The molecule has 2 rings (SSSR count). The summed E-state index contributed by atoms with van der Waals surface area (Å²) in [5.41, 5.74) is 1.17. The molecule has 136 valence electrons. The van der Waals surface area contributed by atoms with Gasteiger partial charge in [0.2, 0.25) is 0 Å². The van der Waals surface area contributed by atoms with E-state index in [0.29, 0.717) is 6.04 Å². The lowest BCUT2D eigenvalue weighted by Crippen LogP contribution is -2.45. The zero-order chi connectivity index (χ0) is 16.5. The predicted octanol–water partition coefficient (Wildman–Crippen LogP) is 2.81. The second-order valence-corrected chi connectivity index (χ2v) is 6.58. The van der Waals surface area contributed by atoms with Crippen molar-refractivity contribution < 1.29 is 4.74 Å². The smallest absolute Gasteiger partial charge is 0.191 e. The number of para-hydroxylation sites is 2. The van der Waals surface area contributed by atoms with E-state index in [2.05, 4.69) is 38.9 Å². The third-order valence-electron chi connectivity index (χ3n) is 4.00. The van der Waals surface area contributed by atoms with Crippen molar-refractivity contribution in [2.45, 2.75) is 18.9 Å². The zero-order valence-electron chi connectivity index (χ0n) is 14.7. The van der Waals surface area contributed by atoms with Crippen LogP contribution in [0.5, 0.6) is 5.75 Å². The first-order valence-corrected chi connectivity index (χ1v) is 9.52. The van der Waals surface area contributed by atoms with Gasteiger partial charge in [-0.25, -0.2) is 0 Å². The van der Waals surface area contributed by atoms with Crippen LogP contribution < -0.4 is 20.3 Å². The summed E-state index contributed by atoms with van der Waals surface area (Å²) in [6.45, 7) is 2.96. The number of ether oxygens (including phenoxy) is 1. The second-order valence-electron chi connectivity index (χ2n) is 5.59. The molecule has 0 radical (unpaired) electrons. The number of anilines is 1. The number of nitrogens with one attached hydrogen (secondary N) is 2. The van der Waals surface area contributed by atoms with Crippen LogP contribution in [0.1, 0.15) is 12.8 Å². The molecule has 1 saturated heterocycles. The van der Waals surface area contributed by atoms with Crippen molar-refractivity contribution in [2.75, 3.05) is 50.7 Å². The Labute approximate surface area is 167 Å². The Morgan fingerprint density at radius 3 is 2.92 bits per heavy atom. The van der Waals surface area contributed by atoms with E-state index >= 15 is 0 Å². The molecule has 5 nitrogen and oxygen atoms in total. The van der Waals surface area contributed by atoms with E-state index < -0.39 is 0 Å². The molecule has 7 heteroatoms. The molecule has 0 spiro atoms. The van der Waals surface area contributed by atoms with Gasteiger partial charge in [0.1, 0.15) is 5.75 Å². The van der Waals surface area contributed by atoms with Crippen LogP contribution in [0.25, 0.3) is 0 Å². The summed E-state index contributed by atoms with van der Waals surface area (Å²) in [4.78, 5) is 6.70. The maximum atomic E-state index is 5.47. The molecule has 0 bridgehead atoms. The number of methoxy groups -OCH3 is 1. The molecule has 0 amide bonds. The molecule has 1 fully saturated rings. The maximum Gasteiger partial charge on any atom is 0.191 e. The van der Waals surface area contributed by atoms with E-state index in [0.717, 1.165) is 44.2 Å². The summed E-state index contributed by atoms with van der Waals surface area (Å²) in [6, 6.07) is 8.62. The van der Waals surface area contributed by atoms with Crippen LogP contribution >= 0.6 is 35.7 Å². The number of benzene rings is 1. The first-order valence-electron chi connectivity index (χ1n) is 8.12. The molecule has 1 unspecified atom stereocenters. The summed E-state index contributed by atoms with van der Waals surface area (Å²) in [5.74, 6) is 3.01. The number of guanidine groups is 1. The SMILES string of the molecule is CN=C(NCCCSC)NC1CCN(c2ccccc2OC)C1.I. The van der Waals surface area contributed by atoms with Gasteiger partial charge in [-0.2, -0.15) is 11.8 Å². The maximum absolute atomic E-state index is 5.47. The van der Waals surface area contributed by atoms with Crippen molar-refractivity contribution in [1.29, 1.82) is 0 Å². The second kappa shape index (κ2) is 11.7. The van der Waals surface area contributed by atoms with Crippen LogP contribution in [0, 0.1) is 0 Å². The fourth-order valence-corrected chi connectivity index (χ4v) is 3.23. The van der Waals surface area contributed by atoms with E-state index in [1.165, 1.54) is 11.4 Å². The molecule has 1 aliphatic rings. The highest BCUT2D eigenvalue weighted by molar-refractivity contribution is 14.0. The van der Waals surface area contributed by atoms with E-state index in [1.54, 1.807) is 7.11 Å². The van der Waals surface area contributed by atoms with Gasteiger partial charge in [0.05, 0.1) is 12.8 Å². The van der Waals surface area contributed by atoms with Crippen LogP contribution in [0.3, 0.4) is 0 Å². The number of nitrogens with zero attached hydrogens (tertiary/aromatic N) is 2. The van der Waals surface area contributed by atoms with Crippen molar-refractivity contribution in [2.24, 2.45) is 4.99 Å². The minimum absolute atomic E-state index is 0. The molecule has 0 aromatic heterocycles. The Morgan fingerprint density at radius 2 is 2.21 bits per heavy atom. The van der Waals surface area contributed by atoms with Crippen molar-refractivity contribution >= 4 is 47.4 Å². The van der Waals surface area contributed by atoms with Crippen LogP contribution in [0.4, 0.5) is 5.69 Å². The number of halogens is 1. The predicted molar refractivity (Wildman–Crippen MR) is 117 cm³/mol. The number of rotatable bonds is 7. The van der Waals surface area contributed by atoms with Crippen LogP contribution in [0.2, 0.25) is 0 Å². The largest absolute Gasteiger partial charge is 0.495 e. The monoisotopic (exact) mass is 464 g/mol. The molecule has 2 N–H and O–H groups in total. The first-order chi connectivity index (χ1) is 11.3. The van der Waals surface area contributed by atoms with E-state index in [9.17, 15) is 0 Å². The number of hydrogen-bond acceptors (Lipinski definition) is 4. The van der Waals surface area contributed by atoms with Crippen molar-refractivity contribution in [1.82, 2.24) is 10.6 Å². The fourth-order valence-electron chi connectivity index (χ4n) is 2.80. The topological polar surface area (TPSA) is 48.9 Å². The Kier molecular flexibility index (Phi) is 10.3. The summed E-state index contributed by atoms with van der Waals surface area (Å²) in [7, 11) is 3.56. The van der Waals surface area contributed by atoms with Crippen LogP contribution in [0.15, 0.2) is 29.3 Å². The molecule has 1 aliphatic heterocycles. The lowest BCUT2D eigenvalue weighted by molar-refractivity contribution is 0.415. The Hall–Kier alpha value is -0.830. The van der Waals surface area contributed by atoms with Gasteiger partial charge >= 0.3 is 0 Å². The standard InChI is InChI=1S/C17H28N4OS.HI/c1-18-17(19-10-6-12-23-3)20-14-9-11-21(13-14)15-7-4-5-8-16(15)22-2;/h4-5,7-8,14H,6,9-13H2,1-3H3,(H2,18,19,20);1H. The minimum atomic E-state index is 0. The first kappa shape index (κ1) is 21.2. The molecule has 1 atom stereocenters. The molecular weight excluding hydrogens is 435 g/mol. The summed E-state index contributed by atoms with van der Waals surface area (Å²) in [5, 5.41) is 6.92. The van der Waals surface area contributed by atoms with E-state index in [-0.39, 0.29) is 24.0 Å². The van der Waals surface area contributed by atoms with Gasteiger partial charge in [-0.3, -0.25) is 4.99 Å². The quantitative estimate of drug-likeness (QED) is 0.281. The lowest BCUT2D eigenvalue weighted by atomic mass is 10.2. The van der Waals surface area contributed by atoms with E-state index in [1.807, 2.05) is 30.9 Å². The summed E-state index contributed by atoms with van der Waals surface area (Å²) < 4.78 is 5.47. The number of hydrogen-bond donors (Lipinski definition) is 2. The van der Waals surface area contributed by atoms with Crippen molar-refractivity contribution in [3.63, 3.8) is 0 Å². The highest BCUT2D eigenvalue weighted by atomic mass is 127. The molecule has 0 saturated carbocycles. The molecular formula is C17H29IN4OS. The van der Waals surface area contributed by atoms with Crippen LogP contribution in [-0.4, -0.2) is 57.8 Å². The fraction of sp³-hybridized carbons (Fsp3) is 0.588. The number of thioether (sulfide) groups is 1. The lowest BCUT2D eigenvalue weighted by Gasteiger charge is -2.22. The Bertz CT molecular complexity index is 515. The highest BCUT2D eigenvalue weighted by Gasteiger charge is 2.25. The van der Waals surface area contributed by atoms with Gasteiger partial charge in [-0.1, -0.05) is 12.1 Å². The molecule has 1 heterocycles. The van der Waals surface area contributed by atoms with Crippen molar-refractivity contribution in [3.05, 3.63) is 24.3 Å². The van der Waals surface area contributed by atoms with Gasteiger partial charge in [-0.15, -0.1) is 24.0 Å². The molecule has 1 aromatic rings. The van der Waals surface area contributed by atoms with Gasteiger partial charge in [0.15, 0.2) is 5.96 Å². The summed E-state index contributed by atoms with van der Waals surface area (Å²) in [6.07, 6.45) is 4.39. The van der Waals surface area contributed by atoms with Gasteiger partial charge in [-0.05, 0) is 37.0 Å². The molecule has 24 heavy (non-hydrogen) atoms.